The van der Waals surface area contributed by atoms with E-state index in [0.29, 0.717) is 0 Å². The number of rotatable bonds is 8. The first-order chi connectivity index (χ1) is 6.86. The van der Waals surface area contributed by atoms with E-state index < -0.39 is 0 Å². The molecule has 84 valence electrons. The van der Waals surface area contributed by atoms with Crippen LogP contribution < -0.4 is 5.73 Å². The molecule has 0 unspecified atom stereocenters. The van der Waals surface area contributed by atoms with Crippen LogP contribution in [0.4, 0.5) is 0 Å². The highest BCUT2D eigenvalue weighted by atomic mass is 16.5. The van der Waals surface area contributed by atoms with Crippen molar-refractivity contribution in [3.8, 4) is 0 Å². The van der Waals surface area contributed by atoms with Crippen LogP contribution in [0, 0.1) is 5.92 Å². The van der Waals surface area contributed by atoms with Gasteiger partial charge in [0.05, 0.1) is 6.61 Å². The minimum atomic E-state index is 0.725. The molecule has 4 heteroatoms. The van der Waals surface area contributed by atoms with Gasteiger partial charge in [-0.15, -0.1) is 0 Å². The van der Waals surface area contributed by atoms with Crippen molar-refractivity contribution in [1.82, 2.24) is 4.90 Å². The second-order valence-electron chi connectivity index (χ2n) is 3.82. The lowest BCUT2D eigenvalue weighted by molar-refractivity contribution is 0.0444. The van der Waals surface area contributed by atoms with Crippen LogP contribution in [-0.2, 0) is 9.47 Å². The first kappa shape index (κ1) is 11.9. The number of ether oxygens (including phenoxy) is 2. The fourth-order valence-electron chi connectivity index (χ4n) is 1.61. The van der Waals surface area contributed by atoms with Gasteiger partial charge in [0, 0.05) is 40.0 Å². The normalized spacial score (nSPS) is 18.4. The Morgan fingerprint density at radius 3 is 2.71 bits per heavy atom. The fourth-order valence-corrected chi connectivity index (χ4v) is 1.61. The molecule has 0 amide bonds. The van der Waals surface area contributed by atoms with Crippen molar-refractivity contribution in [1.29, 1.82) is 0 Å². The predicted molar refractivity (Wildman–Crippen MR) is 56.3 cm³/mol. The average Bonchev–Trinajstić information content (AvgIpc) is 2.14. The molecule has 1 saturated heterocycles. The average molecular weight is 202 g/mol. The maximum absolute atomic E-state index is 5.53. The third-order valence-electron chi connectivity index (χ3n) is 2.56. The summed E-state index contributed by atoms with van der Waals surface area (Å²) in [4.78, 5) is 2.38. The van der Waals surface area contributed by atoms with Crippen molar-refractivity contribution in [2.24, 2.45) is 11.7 Å². The lowest BCUT2D eigenvalue weighted by atomic mass is 10.0. The van der Waals surface area contributed by atoms with E-state index in [4.69, 9.17) is 15.2 Å². The quantitative estimate of drug-likeness (QED) is 0.560. The molecule has 0 radical (unpaired) electrons. The van der Waals surface area contributed by atoms with Crippen molar-refractivity contribution in [3.05, 3.63) is 0 Å². The Kier molecular flexibility index (Phi) is 6.10. The molecular weight excluding hydrogens is 180 g/mol. The molecule has 0 aromatic heterocycles. The minimum absolute atomic E-state index is 0.725. The molecule has 0 saturated carbocycles. The highest BCUT2D eigenvalue weighted by Crippen LogP contribution is 2.12. The number of nitrogens with two attached hydrogens (primary N) is 1. The summed E-state index contributed by atoms with van der Waals surface area (Å²) in [6.07, 6.45) is 0.988. The summed E-state index contributed by atoms with van der Waals surface area (Å²) in [5, 5.41) is 0. The molecule has 14 heavy (non-hydrogen) atoms. The number of methoxy groups -OCH3 is 1. The number of hydrogen-bond acceptors (Lipinski definition) is 4. The van der Waals surface area contributed by atoms with Crippen LogP contribution in [-0.4, -0.2) is 58.0 Å². The van der Waals surface area contributed by atoms with Crippen LogP contribution in [0.15, 0.2) is 0 Å². The zero-order valence-electron chi connectivity index (χ0n) is 9.08. The fraction of sp³-hybridized carbons (Fsp3) is 1.00. The monoisotopic (exact) mass is 202 g/mol. The lowest BCUT2D eigenvalue weighted by Crippen LogP contribution is -2.50. The van der Waals surface area contributed by atoms with Gasteiger partial charge >= 0.3 is 0 Å². The summed E-state index contributed by atoms with van der Waals surface area (Å²) in [6.45, 7) is 6.60. The Balaban J connectivity index is 1.77. The largest absolute Gasteiger partial charge is 0.385 e. The molecular formula is C10H22N2O2. The first-order valence-corrected chi connectivity index (χ1v) is 5.36. The van der Waals surface area contributed by atoms with Crippen molar-refractivity contribution in [2.45, 2.75) is 6.42 Å². The van der Waals surface area contributed by atoms with Gasteiger partial charge in [-0.3, -0.25) is 0 Å². The molecule has 1 aliphatic heterocycles. The standard InChI is InChI=1S/C10H22N2O2/c1-13-4-2-5-14-6-3-12-8-10(7-11)9-12/h10H,2-9,11H2,1H3. The van der Waals surface area contributed by atoms with E-state index >= 15 is 0 Å². The summed E-state index contributed by atoms with van der Waals surface area (Å²) in [6, 6.07) is 0. The van der Waals surface area contributed by atoms with Crippen molar-refractivity contribution in [3.63, 3.8) is 0 Å². The van der Waals surface area contributed by atoms with Gasteiger partial charge in [0.1, 0.15) is 0 Å². The highest BCUT2D eigenvalue weighted by molar-refractivity contribution is 4.79. The highest BCUT2D eigenvalue weighted by Gasteiger charge is 2.24. The van der Waals surface area contributed by atoms with E-state index in [9.17, 15) is 0 Å². The van der Waals surface area contributed by atoms with E-state index in [2.05, 4.69) is 4.90 Å². The van der Waals surface area contributed by atoms with Crippen LogP contribution in [0.25, 0.3) is 0 Å². The summed E-state index contributed by atoms with van der Waals surface area (Å²) in [5.41, 5.74) is 5.53. The van der Waals surface area contributed by atoms with Crippen LogP contribution in [0.3, 0.4) is 0 Å². The third kappa shape index (κ3) is 4.37. The summed E-state index contributed by atoms with van der Waals surface area (Å²) >= 11 is 0. The molecule has 1 aliphatic rings. The van der Waals surface area contributed by atoms with Gasteiger partial charge in [-0.05, 0) is 18.9 Å². The molecule has 0 aliphatic carbocycles. The van der Waals surface area contributed by atoms with Crippen LogP contribution in [0.2, 0.25) is 0 Å². The van der Waals surface area contributed by atoms with Crippen LogP contribution in [0.1, 0.15) is 6.42 Å². The smallest absolute Gasteiger partial charge is 0.0593 e. The molecule has 1 fully saturated rings. The molecule has 4 nitrogen and oxygen atoms in total. The second kappa shape index (κ2) is 7.17. The molecule has 0 atom stereocenters. The van der Waals surface area contributed by atoms with Gasteiger partial charge in [0.2, 0.25) is 0 Å². The van der Waals surface area contributed by atoms with Crippen molar-refractivity contribution in [2.75, 3.05) is 53.1 Å². The zero-order chi connectivity index (χ0) is 10.2. The first-order valence-electron chi connectivity index (χ1n) is 5.36. The minimum Gasteiger partial charge on any atom is -0.385 e. The second-order valence-corrected chi connectivity index (χ2v) is 3.82. The van der Waals surface area contributed by atoms with Gasteiger partial charge in [0.25, 0.3) is 0 Å². The molecule has 1 rings (SSSR count). The molecule has 0 bridgehead atoms. The molecule has 1 heterocycles. The van der Waals surface area contributed by atoms with Crippen molar-refractivity contribution >= 4 is 0 Å². The Morgan fingerprint density at radius 1 is 1.29 bits per heavy atom. The molecule has 2 N–H and O–H groups in total. The Hall–Kier alpha value is -0.160. The zero-order valence-corrected chi connectivity index (χ0v) is 9.08. The number of hydrogen-bond donors (Lipinski definition) is 1. The molecule has 0 aromatic carbocycles. The third-order valence-corrected chi connectivity index (χ3v) is 2.56. The van der Waals surface area contributed by atoms with E-state index in [0.717, 1.165) is 58.3 Å². The van der Waals surface area contributed by atoms with Gasteiger partial charge in [-0.2, -0.15) is 0 Å². The maximum atomic E-state index is 5.53. The number of likely N-dealkylation sites (tertiary alicyclic amines) is 1. The van der Waals surface area contributed by atoms with Gasteiger partial charge in [-0.1, -0.05) is 0 Å². The molecule has 0 aromatic rings. The van der Waals surface area contributed by atoms with Crippen molar-refractivity contribution < 1.29 is 9.47 Å². The van der Waals surface area contributed by atoms with E-state index in [1.54, 1.807) is 7.11 Å². The summed E-state index contributed by atoms with van der Waals surface area (Å²) < 4.78 is 10.4. The van der Waals surface area contributed by atoms with E-state index in [1.165, 1.54) is 0 Å². The summed E-state index contributed by atoms with van der Waals surface area (Å²) in [5.74, 6) is 0.725. The number of nitrogens with zero attached hydrogens (tertiary/aromatic N) is 1. The Morgan fingerprint density at radius 2 is 2.07 bits per heavy atom. The SMILES string of the molecule is COCCCOCCN1CC(CN)C1. The predicted octanol–water partition coefficient (Wildman–Crippen LogP) is -0.0700. The maximum Gasteiger partial charge on any atom is 0.0593 e. The topological polar surface area (TPSA) is 47.7 Å². The lowest BCUT2D eigenvalue weighted by Gasteiger charge is -2.38. The van der Waals surface area contributed by atoms with E-state index in [1.807, 2.05) is 0 Å². The Bertz CT molecular complexity index is 138. The van der Waals surface area contributed by atoms with Gasteiger partial charge in [0.15, 0.2) is 0 Å². The van der Waals surface area contributed by atoms with E-state index in [-0.39, 0.29) is 0 Å². The van der Waals surface area contributed by atoms with Gasteiger partial charge in [-0.25, -0.2) is 0 Å². The summed E-state index contributed by atoms with van der Waals surface area (Å²) in [7, 11) is 1.72. The molecule has 0 spiro atoms. The van der Waals surface area contributed by atoms with Crippen LogP contribution >= 0.6 is 0 Å². The van der Waals surface area contributed by atoms with Gasteiger partial charge < -0.3 is 20.1 Å². The Labute approximate surface area is 86.3 Å². The van der Waals surface area contributed by atoms with Crippen LogP contribution in [0.5, 0.6) is 0 Å².